The molecule has 3 aliphatic heterocycles. The third kappa shape index (κ3) is 5.67. The molecular formula is C24H40N4O3. The number of likely N-dealkylation sites (tertiary alicyclic amines) is 2. The zero-order valence-electron chi connectivity index (χ0n) is 19.6. The van der Waals surface area contributed by atoms with Gasteiger partial charge < -0.3 is 14.1 Å². The minimum Gasteiger partial charge on any atom is -0.423 e. The Morgan fingerprint density at radius 1 is 0.968 bits per heavy atom. The van der Waals surface area contributed by atoms with Crippen LogP contribution in [0.2, 0.25) is 0 Å². The molecule has 31 heavy (non-hydrogen) atoms. The molecule has 7 nitrogen and oxygen atoms in total. The van der Waals surface area contributed by atoms with Crippen LogP contribution in [-0.2, 0) is 21.5 Å². The summed E-state index contributed by atoms with van der Waals surface area (Å²) in [5.74, 6) is 2.60. The Balaban J connectivity index is 1.34. The summed E-state index contributed by atoms with van der Waals surface area (Å²) in [5, 5.41) is 8.49. The largest absolute Gasteiger partial charge is 0.423 e. The van der Waals surface area contributed by atoms with Crippen molar-refractivity contribution in [2.75, 3.05) is 32.8 Å². The second kappa shape index (κ2) is 9.99. The normalized spacial score (nSPS) is 25.5. The lowest BCUT2D eigenvalue weighted by atomic mass is 9.85. The highest BCUT2D eigenvalue weighted by Crippen LogP contribution is 2.32. The summed E-state index contributed by atoms with van der Waals surface area (Å²) in [7, 11) is 0. The Kier molecular flexibility index (Phi) is 7.32. The molecule has 1 unspecified atom stereocenters. The summed E-state index contributed by atoms with van der Waals surface area (Å²) in [4.78, 5) is 18.1. The SMILES string of the molecule is CC(C)(C)c1nnc(CN2CCC(C3CCCCCN3C(=O)C3CCOCC3)CC2)o1. The second-order valence-electron chi connectivity index (χ2n) is 10.7. The third-order valence-electron chi connectivity index (χ3n) is 7.30. The van der Waals surface area contributed by atoms with E-state index in [0.29, 0.717) is 29.6 Å². The first-order valence-corrected chi connectivity index (χ1v) is 12.4. The van der Waals surface area contributed by atoms with Crippen LogP contribution in [0, 0.1) is 11.8 Å². The van der Waals surface area contributed by atoms with Crippen molar-refractivity contribution in [3.8, 4) is 0 Å². The van der Waals surface area contributed by atoms with E-state index in [0.717, 1.165) is 77.9 Å². The van der Waals surface area contributed by atoms with E-state index in [4.69, 9.17) is 9.15 Å². The summed E-state index contributed by atoms with van der Waals surface area (Å²) >= 11 is 0. The zero-order valence-corrected chi connectivity index (χ0v) is 19.6. The summed E-state index contributed by atoms with van der Waals surface area (Å²) in [6.45, 7) is 11.5. The van der Waals surface area contributed by atoms with Gasteiger partial charge in [0.15, 0.2) is 0 Å². The fourth-order valence-corrected chi connectivity index (χ4v) is 5.38. The summed E-state index contributed by atoms with van der Waals surface area (Å²) in [5.41, 5.74) is -0.113. The van der Waals surface area contributed by atoms with Gasteiger partial charge in [0.05, 0.1) is 6.54 Å². The number of amides is 1. The van der Waals surface area contributed by atoms with E-state index in [9.17, 15) is 4.79 Å². The Bertz CT molecular complexity index is 715. The van der Waals surface area contributed by atoms with Gasteiger partial charge in [0, 0.05) is 37.1 Å². The molecule has 0 saturated carbocycles. The highest BCUT2D eigenvalue weighted by Gasteiger charge is 2.37. The van der Waals surface area contributed by atoms with Gasteiger partial charge in [-0.3, -0.25) is 9.69 Å². The number of piperidine rings is 1. The van der Waals surface area contributed by atoms with Gasteiger partial charge in [-0.2, -0.15) is 0 Å². The number of rotatable bonds is 4. The Hall–Kier alpha value is -1.47. The number of hydrogen-bond donors (Lipinski definition) is 0. The van der Waals surface area contributed by atoms with Crippen LogP contribution in [0.15, 0.2) is 4.42 Å². The predicted octanol–water partition coefficient (Wildman–Crippen LogP) is 3.78. The highest BCUT2D eigenvalue weighted by molar-refractivity contribution is 5.79. The molecule has 3 saturated heterocycles. The quantitative estimate of drug-likeness (QED) is 0.721. The molecule has 4 rings (SSSR count). The van der Waals surface area contributed by atoms with Crippen LogP contribution >= 0.6 is 0 Å². The number of carbonyl (C=O) groups is 1. The van der Waals surface area contributed by atoms with Gasteiger partial charge in [0.25, 0.3) is 0 Å². The molecule has 1 amide bonds. The monoisotopic (exact) mass is 432 g/mol. The molecule has 3 fully saturated rings. The Labute approximate surface area is 186 Å². The van der Waals surface area contributed by atoms with E-state index in [1.807, 2.05) is 0 Å². The van der Waals surface area contributed by atoms with E-state index in [-0.39, 0.29) is 11.3 Å². The van der Waals surface area contributed by atoms with Crippen LogP contribution in [0.1, 0.15) is 83.9 Å². The molecule has 1 atom stereocenters. The van der Waals surface area contributed by atoms with Crippen molar-refractivity contribution in [1.29, 1.82) is 0 Å². The number of aromatic nitrogens is 2. The molecule has 7 heteroatoms. The molecule has 4 heterocycles. The van der Waals surface area contributed by atoms with Crippen LogP contribution in [0.4, 0.5) is 0 Å². The van der Waals surface area contributed by atoms with Crippen LogP contribution in [0.3, 0.4) is 0 Å². The zero-order chi connectivity index (χ0) is 21.8. The summed E-state index contributed by atoms with van der Waals surface area (Å²) in [6, 6.07) is 0.413. The van der Waals surface area contributed by atoms with Gasteiger partial charge in [0.1, 0.15) is 0 Å². The Morgan fingerprint density at radius 3 is 2.39 bits per heavy atom. The lowest BCUT2D eigenvalue weighted by Crippen LogP contribution is -2.50. The molecule has 0 spiro atoms. The molecule has 0 N–H and O–H groups in total. The molecule has 0 bridgehead atoms. The first kappa shape index (κ1) is 22.7. The maximum atomic E-state index is 13.4. The molecular weight excluding hydrogens is 392 g/mol. The van der Waals surface area contributed by atoms with Gasteiger partial charge in [0.2, 0.25) is 17.7 Å². The topological polar surface area (TPSA) is 71.7 Å². The minimum absolute atomic E-state index is 0.113. The van der Waals surface area contributed by atoms with Crippen LogP contribution in [0.5, 0.6) is 0 Å². The van der Waals surface area contributed by atoms with Crippen molar-refractivity contribution >= 4 is 5.91 Å². The second-order valence-corrected chi connectivity index (χ2v) is 10.7. The summed E-state index contributed by atoms with van der Waals surface area (Å²) < 4.78 is 11.4. The van der Waals surface area contributed by atoms with Crippen molar-refractivity contribution in [3.05, 3.63) is 11.8 Å². The predicted molar refractivity (Wildman–Crippen MR) is 119 cm³/mol. The van der Waals surface area contributed by atoms with E-state index >= 15 is 0 Å². The van der Waals surface area contributed by atoms with E-state index < -0.39 is 0 Å². The van der Waals surface area contributed by atoms with E-state index in [1.165, 1.54) is 12.8 Å². The van der Waals surface area contributed by atoms with Crippen molar-refractivity contribution in [3.63, 3.8) is 0 Å². The van der Waals surface area contributed by atoms with Gasteiger partial charge in [-0.1, -0.05) is 33.6 Å². The first-order chi connectivity index (χ1) is 14.9. The number of nitrogens with zero attached hydrogens (tertiary/aromatic N) is 4. The molecule has 1 aromatic rings. The van der Waals surface area contributed by atoms with Crippen molar-refractivity contribution in [2.45, 2.75) is 90.1 Å². The van der Waals surface area contributed by atoms with Crippen LogP contribution in [-0.4, -0.2) is 64.8 Å². The fraction of sp³-hybridized carbons (Fsp3) is 0.875. The van der Waals surface area contributed by atoms with Gasteiger partial charge in [-0.05, 0) is 57.5 Å². The molecule has 174 valence electrons. The fourth-order valence-electron chi connectivity index (χ4n) is 5.38. The van der Waals surface area contributed by atoms with Gasteiger partial charge in [-0.25, -0.2) is 0 Å². The third-order valence-corrected chi connectivity index (χ3v) is 7.30. The van der Waals surface area contributed by atoms with Crippen LogP contribution < -0.4 is 0 Å². The average molecular weight is 433 g/mol. The molecule has 3 aliphatic rings. The Morgan fingerprint density at radius 2 is 1.71 bits per heavy atom. The summed E-state index contributed by atoms with van der Waals surface area (Å²) in [6.07, 6.45) is 8.88. The number of ether oxygens (including phenoxy) is 1. The standard InChI is InChI=1S/C24H40N4O3/c1-24(2,3)23-26-25-21(31-23)17-27-13-8-18(9-14-27)20-7-5-4-6-12-28(20)22(29)19-10-15-30-16-11-19/h18-20H,4-17H2,1-3H3. The smallest absolute Gasteiger partial charge is 0.230 e. The average Bonchev–Trinajstić information content (AvgIpc) is 3.11. The van der Waals surface area contributed by atoms with E-state index in [1.54, 1.807) is 0 Å². The number of carbonyl (C=O) groups excluding carboxylic acids is 1. The van der Waals surface area contributed by atoms with Crippen molar-refractivity contribution in [1.82, 2.24) is 20.0 Å². The molecule has 0 aliphatic carbocycles. The number of hydrogen-bond acceptors (Lipinski definition) is 6. The first-order valence-electron chi connectivity index (χ1n) is 12.4. The van der Waals surface area contributed by atoms with Crippen molar-refractivity contribution < 1.29 is 13.9 Å². The maximum absolute atomic E-state index is 13.4. The maximum Gasteiger partial charge on any atom is 0.230 e. The van der Waals surface area contributed by atoms with E-state index in [2.05, 4.69) is 40.8 Å². The van der Waals surface area contributed by atoms with Crippen LogP contribution in [0.25, 0.3) is 0 Å². The van der Waals surface area contributed by atoms with Gasteiger partial charge >= 0.3 is 0 Å². The highest BCUT2D eigenvalue weighted by atomic mass is 16.5. The van der Waals surface area contributed by atoms with Crippen molar-refractivity contribution in [2.24, 2.45) is 11.8 Å². The minimum atomic E-state index is -0.113. The lowest BCUT2D eigenvalue weighted by molar-refractivity contribution is -0.142. The molecule has 0 radical (unpaired) electrons. The molecule has 1 aromatic heterocycles. The van der Waals surface area contributed by atoms with Gasteiger partial charge in [-0.15, -0.1) is 10.2 Å². The lowest BCUT2D eigenvalue weighted by Gasteiger charge is -2.42. The molecule has 0 aromatic carbocycles.